The Kier molecular flexibility index (Phi) is 7.14. The molecule has 1 unspecified atom stereocenters. The largest absolute Gasteiger partial charge is 0.316 e. The summed E-state index contributed by atoms with van der Waals surface area (Å²) in [6.45, 7) is 15.5. The average molecular weight is 240 g/mol. The van der Waals surface area contributed by atoms with E-state index in [0.29, 0.717) is 0 Å². The molecule has 0 amide bonds. The zero-order valence-corrected chi connectivity index (χ0v) is 12.3. The molecule has 1 fully saturated rings. The molecule has 1 rings (SSSR count). The van der Waals surface area contributed by atoms with Crippen LogP contribution in [0.3, 0.4) is 0 Å². The van der Waals surface area contributed by atoms with Gasteiger partial charge in [0.15, 0.2) is 0 Å². The summed E-state index contributed by atoms with van der Waals surface area (Å²) in [5.74, 6) is 2.50. The van der Waals surface area contributed by atoms with E-state index in [1.54, 1.807) is 0 Å². The summed E-state index contributed by atoms with van der Waals surface area (Å²) in [7, 11) is 0. The third-order valence-corrected chi connectivity index (χ3v) is 3.61. The lowest BCUT2D eigenvalue weighted by Crippen LogP contribution is -2.40. The molecule has 0 radical (unpaired) electrons. The van der Waals surface area contributed by atoms with E-state index < -0.39 is 0 Å². The molecule has 1 atom stereocenters. The maximum atomic E-state index is 3.61. The Labute approximate surface area is 108 Å². The van der Waals surface area contributed by atoms with Gasteiger partial charge in [0.1, 0.15) is 0 Å². The molecule has 102 valence electrons. The van der Waals surface area contributed by atoms with Gasteiger partial charge in [-0.1, -0.05) is 27.7 Å². The van der Waals surface area contributed by atoms with E-state index in [-0.39, 0.29) is 0 Å². The van der Waals surface area contributed by atoms with Crippen LogP contribution < -0.4 is 5.32 Å². The van der Waals surface area contributed by atoms with E-state index in [0.717, 1.165) is 17.8 Å². The van der Waals surface area contributed by atoms with Crippen LogP contribution in [-0.4, -0.2) is 37.6 Å². The van der Waals surface area contributed by atoms with Crippen LogP contribution in [0.25, 0.3) is 0 Å². The number of nitrogens with zero attached hydrogens (tertiary/aromatic N) is 1. The molecular formula is C15H32N2. The number of likely N-dealkylation sites (tertiary alicyclic amines) is 1. The van der Waals surface area contributed by atoms with Gasteiger partial charge in [-0.3, -0.25) is 0 Å². The minimum atomic E-state index is 0.774. The summed E-state index contributed by atoms with van der Waals surface area (Å²) in [6, 6.07) is 0. The van der Waals surface area contributed by atoms with Crippen molar-refractivity contribution in [2.24, 2.45) is 17.8 Å². The molecule has 0 aromatic heterocycles. The van der Waals surface area contributed by atoms with Gasteiger partial charge in [-0.2, -0.15) is 0 Å². The highest BCUT2D eigenvalue weighted by atomic mass is 15.1. The molecule has 2 nitrogen and oxygen atoms in total. The van der Waals surface area contributed by atoms with Gasteiger partial charge >= 0.3 is 0 Å². The quantitative estimate of drug-likeness (QED) is 0.736. The van der Waals surface area contributed by atoms with Crippen LogP contribution in [0.15, 0.2) is 0 Å². The zero-order valence-electron chi connectivity index (χ0n) is 12.3. The molecule has 0 aliphatic carbocycles. The number of hydrogen-bond donors (Lipinski definition) is 1. The zero-order chi connectivity index (χ0) is 12.7. The van der Waals surface area contributed by atoms with Gasteiger partial charge in [0, 0.05) is 6.54 Å². The summed E-state index contributed by atoms with van der Waals surface area (Å²) < 4.78 is 0. The van der Waals surface area contributed by atoms with E-state index in [9.17, 15) is 0 Å². The van der Waals surface area contributed by atoms with Crippen molar-refractivity contribution >= 4 is 0 Å². The van der Waals surface area contributed by atoms with Crippen LogP contribution >= 0.6 is 0 Å². The molecule has 1 aliphatic rings. The first-order valence-corrected chi connectivity index (χ1v) is 7.51. The van der Waals surface area contributed by atoms with E-state index in [4.69, 9.17) is 0 Å². The molecule has 0 aromatic rings. The minimum absolute atomic E-state index is 0.774. The first-order valence-electron chi connectivity index (χ1n) is 7.51. The van der Waals surface area contributed by atoms with Gasteiger partial charge in [-0.05, 0) is 63.2 Å². The van der Waals surface area contributed by atoms with Crippen molar-refractivity contribution in [3.8, 4) is 0 Å². The smallest absolute Gasteiger partial charge is 0.00218 e. The van der Waals surface area contributed by atoms with E-state index in [2.05, 4.69) is 37.9 Å². The lowest BCUT2D eigenvalue weighted by Gasteiger charge is -2.33. The second kappa shape index (κ2) is 8.10. The summed E-state index contributed by atoms with van der Waals surface area (Å²) in [5.41, 5.74) is 0. The van der Waals surface area contributed by atoms with Crippen LogP contribution in [0.4, 0.5) is 0 Å². The van der Waals surface area contributed by atoms with Crippen molar-refractivity contribution in [3.63, 3.8) is 0 Å². The molecule has 0 spiro atoms. The summed E-state index contributed by atoms with van der Waals surface area (Å²) in [6.07, 6.45) is 4.17. The Morgan fingerprint density at radius 2 is 1.94 bits per heavy atom. The SMILES string of the molecule is CC(C)CCN1CCCC(CNCC(C)C)C1. The maximum absolute atomic E-state index is 3.61. The van der Waals surface area contributed by atoms with Crippen LogP contribution in [0.2, 0.25) is 0 Å². The Balaban J connectivity index is 2.14. The fourth-order valence-electron chi connectivity index (χ4n) is 2.54. The van der Waals surface area contributed by atoms with Gasteiger partial charge in [-0.15, -0.1) is 0 Å². The summed E-state index contributed by atoms with van der Waals surface area (Å²) >= 11 is 0. The Morgan fingerprint density at radius 1 is 1.18 bits per heavy atom. The molecule has 1 N–H and O–H groups in total. The second-order valence-electron chi connectivity index (χ2n) is 6.54. The fraction of sp³-hybridized carbons (Fsp3) is 1.00. The number of nitrogens with one attached hydrogen (secondary N) is 1. The fourth-order valence-corrected chi connectivity index (χ4v) is 2.54. The predicted octanol–water partition coefficient (Wildman–Crippen LogP) is 2.99. The van der Waals surface area contributed by atoms with Crippen molar-refractivity contribution in [1.82, 2.24) is 10.2 Å². The predicted molar refractivity (Wildman–Crippen MR) is 76.3 cm³/mol. The van der Waals surface area contributed by atoms with E-state index in [1.807, 2.05) is 0 Å². The van der Waals surface area contributed by atoms with Gasteiger partial charge in [0.2, 0.25) is 0 Å². The molecule has 0 aromatic carbocycles. The minimum Gasteiger partial charge on any atom is -0.316 e. The lowest BCUT2D eigenvalue weighted by molar-refractivity contribution is 0.164. The average Bonchev–Trinajstić information content (AvgIpc) is 2.26. The highest BCUT2D eigenvalue weighted by Gasteiger charge is 2.19. The Bertz CT molecular complexity index is 189. The van der Waals surface area contributed by atoms with E-state index >= 15 is 0 Å². The molecule has 2 heteroatoms. The molecule has 1 heterocycles. The van der Waals surface area contributed by atoms with Gasteiger partial charge in [-0.25, -0.2) is 0 Å². The molecule has 17 heavy (non-hydrogen) atoms. The third-order valence-electron chi connectivity index (χ3n) is 3.61. The topological polar surface area (TPSA) is 15.3 Å². The number of hydrogen-bond acceptors (Lipinski definition) is 2. The number of rotatable bonds is 7. The summed E-state index contributed by atoms with van der Waals surface area (Å²) in [4.78, 5) is 2.67. The molecule has 0 bridgehead atoms. The van der Waals surface area contributed by atoms with Gasteiger partial charge in [0.25, 0.3) is 0 Å². The third kappa shape index (κ3) is 7.05. The highest BCUT2D eigenvalue weighted by molar-refractivity contribution is 4.75. The van der Waals surface area contributed by atoms with Crippen molar-refractivity contribution in [2.75, 3.05) is 32.7 Å². The first-order chi connectivity index (χ1) is 8.08. The maximum Gasteiger partial charge on any atom is 0.00218 e. The normalized spacial score (nSPS) is 22.6. The van der Waals surface area contributed by atoms with Crippen molar-refractivity contribution < 1.29 is 0 Å². The highest BCUT2D eigenvalue weighted by Crippen LogP contribution is 2.16. The van der Waals surface area contributed by atoms with Crippen molar-refractivity contribution in [3.05, 3.63) is 0 Å². The van der Waals surface area contributed by atoms with Crippen LogP contribution in [0.5, 0.6) is 0 Å². The van der Waals surface area contributed by atoms with Crippen LogP contribution in [0.1, 0.15) is 47.0 Å². The van der Waals surface area contributed by atoms with Crippen molar-refractivity contribution in [2.45, 2.75) is 47.0 Å². The molecule has 1 aliphatic heterocycles. The first kappa shape index (κ1) is 15.0. The molecule has 0 saturated carbocycles. The van der Waals surface area contributed by atoms with E-state index in [1.165, 1.54) is 52.0 Å². The van der Waals surface area contributed by atoms with Crippen LogP contribution in [0, 0.1) is 17.8 Å². The lowest BCUT2D eigenvalue weighted by atomic mass is 9.97. The molecule has 1 saturated heterocycles. The van der Waals surface area contributed by atoms with Gasteiger partial charge in [0.05, 0.1) is 0 Å². The van der Waals surface area contributed by atoms with Gasteiger partial charge < -0.3 is 10.2 Å². The second-order valence-corrected chi connectivity index (χ2v) is 6.54. The molecular weight excluding hydrogens is 208 g/mol. The summed E-state index contributed by atoms with van der Waals surface area (Å²) in [5, 5.41) is 3.61. The Hall–Kier alpha value is -0.0800. The Morgan fingerprint density at radius 3 is 2.59 bits per heavy atom. The van der Waals surface area contributed by atoms with Crippen molar-refractivity contribution in [1.29, 1.82) is 0 Å². The standard InChI is InChI=1S/C15H32N2/c1-13(2)7-9-17-8-5-6-15(12-17)11-16-10-14(3)4/h13-16H,5-12H2,1-4H3. The monoisotopic (exact) mass is 240 g/mol. The van der Waals surface area contributed by atoms with Crippen LogP contribution in [-0.2, 0) is 0 Å². The number of piperidine rings is 1.